The maximum atomic E-state index is 12.5. The third-order valence-electron chi connectivity index (χ3n) is 4.98. The molecule has 0 radical (unpaired) electrons. The summed E-state index contributed by atoms with van der Waals surface area (Å²) in [5, 5.41) is 0. The van der Waals surface area contributed by atoms with Gasteiger partial charge in [0.2, 0.25) is 0 Å². The minimum atomic E-state index is -0.460. The average molecular weight is 456 g/mol. The summed E-state index contributed by atoms with van der Waals surface area (Å²) in [5.41, 5.74) is 2.20. The second-order valence-electron chi connectivity index (χ2n) is 7.29. The van der Waals surface area contributed by atoms with Crippen molar-refractivity contribution in [3.05, 3.63) is 95.4 Å². The Hall–Kier alpha value is -4.32. The highest BCUT2D eigenvalue weighted by atomic mass is 16.5. The molecule has 2 heterocycles. The van der Waals surface area contributed by atoms with Gasteiger partial charge >= 0.3 is 11.9 Å². The number of hydrogen-bond acceptors (Lipinski definition) is 6. The summed E-state index contributed by atoms with van der Waals surface area (Å²) in [4.78, 5) is 25.0. The van der Waals surface area contributed by atoms with Crippen molar-refractivity contribution < 1.29 is 27.9 Å². The minimum Gasteiger partial charge on any atom is -0.462 e. The number of benzene rings is 2. The van der Waals surface area contributed by atoms with Crippen molar-refractivity contribution in [2.45, 2.75) is 13.8 Å². The standard InChI is InChI=1S/C28H24O6/c1-3-31-27(29)23-17-21(33-25(23)19-11-7-5-8-12-19)15-16-22-18-24(28(30)32-4-2)26(34-22)20-13-9-6-10-14-20/h5-18H,3-4H2,1-2H3/b16-15+. The normalized spacial score (nSPS) is 11.0. The zero-order valence-corrected chi connectivity index (χ0v) is 18.9. The van der Waals surface area contributed by atoms with Crippen LogP contribution < -0.4 is 0 Å². The topological polar surface area (TPSA) is 78.9 Å². The number of furan rings is 2. The summed E-state index contributed by atoms with van der Waals surface area (Å²) >= 11 is 0. The summed E-state index contributed by atoms with van der Waals surface area (Å²) in [7, 11) is 0. The van der Waals surface area contributed by atoms with Crippen molar-refractivity contribution in [2.24, 2.45) is 0 Å². The van der Waals surface area contributed by atoms with Crippen LogP contribution in [0.3, 0.4) is 0 Å². The van der Waals surface area contributed by atoms with Gasteiger partial charge in [-0.1, -0.05) is 60.7 Å². The molecule has 172 valence electrons. The van der Waals surface area contributed by atoms with E-state index in [1.54, 1.807) is 38.1 Å². The number of carbonyl (C=O) groups is 2. The molecule has 6 nitrogen and oxygen atoms in total. The zero-order valence-electron chi connectivity index (χ0n) is 18.9. The van der Waals surface area contributed by atoms with Crippen LogP contribution in [0.15, 0.2) is 81.6 Å². The molecule has 0 bridgehead atoms. The summed E-state index contributed by atoms with van der Waals surface area (Å²) < 4.78 is 22.3. The van der Waals surface area contributed by atoms with E-state index in [1.807, 2.05) is 60.7 Å². The lowest BCUT2D eigenvalue weighted by Gasteiger charge is -2.02. The first-order valence-electron chi connectivity index (χ1n) is 11.0. The number of hydrogen-bond donors (Lipinski definition) is 0. The first-order valence-corrected chi connectivity index (χ1v) is 11.0. The molecule has 34 heavy (non-hydrogen) atoms. The molecule has 4 aromatic rings. The Morgan fingerprint density at radius 3 is 1.41 bits per heavy atom. The van der Waals surface area contributed by atoms with E-state index in [0.717, 1.165) is 11.1 Å². The number of ether oxygens (including phenoxy) is 2. The molecule has 2 aromatic carbocycles. The fourth-order valence-electron chi connectivity index (χ4n) is 3.48. The van der Waals surface area contributed by atoms with E-state index in [1.165, 1.54) is 0 Å². The Labute approximate surface area is 197 Å². The predicted molar refractivity (Wildman–Crippen MR) is 129 cm³/mol. The van der Waals surface area contributed by atoms with Crippen LogP contribution in [0, 0.1) is 0 Å². The van der Waals surface area contributed by atoms with Crippen molar-refractivity contribution in [2.75, 3.05) is 13.2 Å². The van der Waals surface area contributed by atoms with Crippen LogP contribution in [0.1, 0.15) is 46.1 Å². The van der Waals surface area contributed by atoms with Gasteiger partial charge in [-0.15, -0.1) is 0 Å². The van der Waals surface area contributed by atoms with E-state index in [-0.39, 0.29) is 13.2 Å². The molecule has 0 amide bonds. The Morgan fingerprint density at radius 1 is 0.676 bits per heavy atom. The molecular formula is C28H24O6. The third-order valence-corrected chi connectivity index (χ3v) is 4.98. The van der Waals surface area contributed by atoms with Crippen molar-refractivity contribution in [3.8, 4) is 22.6 Å². The molecule has 0 saturated carbocycles. The van der Waals surface area contributed by atoms with Crippen molar-refractivity contribution in [1.82, 2.24) is 0 Å². The van der Waals surface area contributed by atoms with Gasteiger partial charge in [0.25, 0.3) is 0 Å². The third kappa shape index (κ3) is 5.02. The number of esters is 2. The number of rotatable bonds is 8. The molecule has 0 aliphatic rings. The minimum absolute atomic E-state index is 0.259. The molecule has 6 heteroatoms. The van der Waals surface area contributed by atoms with E-state index in [9.17, 15) is 9.59 Å². The summed E-state index contributed by atoms with van der Waals surface area (Å²) in [5.74, 6) is 0.817. The molecule has 0 fully saturated rings. The molecule has 0 aliphatic carbocycles. The second kappa shape index (κ2) is 10.5. The molecule has 0 atom stereocenters. The van der Waals surface area contributed by atoms with Gasteiger partial charge in [-0.05, 0) is 38.1 Å². The van der Waals surface area contributed by atoms with Crippen LogP contribution >= 0.6 is 0 Å². The second-order valence-corrected chi connectivity index (χ2v) is 7.29. The molecule has 0 unspecified atom stereocenters. The van der Waals surface area contributed by atoms with Crippen LogP contribution in [-0.2, 0) is 9.47 Å². The largest absolute Gasteiger partial charge is 0.462 e. The van der Waals surface area contributed by atoms with Gasteiger partial charge in [0.15, 0.2) is 0 Å². The van der Waals surface area contributed by atoms with Crippen molar-refractivity contribution in [1.29, 1.82) is 0 Å². The van der Waals surface area contributed by atoms with E-state index in [4.69, 9.17) is 18.3 Å². The molecule has 2 aromatic heterocycles. The molecule has 0 N–H and O–H groups in total. The molecular weight excluding hydrogens is 432 g/mol. The maximum Gasteiger partial charge on any atom is 0.342 e. The van der Waals surface area contributed by atoms with Crippen LogP contribution in [0.25, 0.3) is 34.8 Å². The van der Waals surface area contributed by atoms with Gasteiger partial charge in [0, 0.05) is 11.1 Å². The lowest BCUT2D eigenvalue weighted by molar-refractivity contribution is 0.0517. The fourth-order valence-corrected chi connectivity index (χ4v) is 3.48. The fraction of sp³-hybridized carbons (Fsp3) is 0.143. The predicted octanol–water partition coefficient (Wildman–Crippen LogP) is 6.73. The van der Waals surface area contributed by atoms with Gasteiger partial charge < -0.3 is 18.3 Å². The van der Waals surface area contributed by atoms with Crippen LogP contribution in [0.5, 0.6) is 0 Å². The molecule has 0 spiro atoms. The smallest absolute Gasteiger partial charge is 0.342 e. The quantitative estimate of drug-likeness (QED) is 0.274. The molecule has 0 aliphatic heterocycles. The SMILES string of the molecule is CCOC(=O)c1cc(/C=C/c2cc(C(=O)OCC)c(-c3ccccc3)o2)oc1-c1ccccc1. The van der Waals surface area contributed by atoms with Crippen LogP contribution in [0.2, 0.25) is 0 Å². The van der Waals surface area contributed by atoms with E-state index in [0.29, 0.717) is 34.2 Å². The highest BCUT2D eigenvalue weighted by Gasteiger charge is 2.21. The lowest BCUT2D eigenvalue weighted by Crippen LogP contribution is -2.04. The monoisotopic (exact) mass is 456 g/mol. The maximum absolute atomic E-state index is 12.5. The Bertz CT molecular complexity index is 1190. The van der Waals surface area contributed by atoms with Crippen molar-refractivity contribution in [3.63, 3.8) is 0 Å². The molecule has 4 rings (SSSR count). The number of carbonyl (C=O) groups excluding carboxylic acids is 2. The van der Waals surface area contributed by atoms with Gasteiger partial charge in [0.1, 0.15) is 34.2 Å². The van der Waals surface area contributed by atoms with Crippen LogP contribution in [0.4, 0.5) is 0 Å². The van der Waals surface area contributed by atoms with Crippen molar-refractivity contribution >= 4 is 24.1 Å². The summed E-state index contributed by atoms with van der Waals surface area (Å²) in [6, 6.07) is 22.0. The van der Waals surface area contributed by atoms with Gasteiger partial charge in [-0.2, -0.15) is 0 Å². The van der Waals surface area contributed by atoms with Gasteiger partial charge in [-0.25, -0.2) is 9.59 Å². The van der Waals surface area contributed by atoms with Gasteiger partial charge in [-0.3, -0.25) is 0 Å². The highest BCUT2D eigenvalue weighted by Crippen LogP contribution is 2.31. The zero-order chi connectivity index (χ0) is 23.9. The Balaban J connectivity index is 1.70. The van der Waals surface area contributed by atoms with Gasteiger partial charge in [0.05, 0.1) is 13.2 Å². The first kappa shape index (κ1) is 22.9. The highest BCUT2D eigenvalue weighted by molar-refractivity contribution is 5.98. The van der Waals surface area contributed by atoms with E-state index in [2.05, 4.69) is 0 Å². The lowest BCUT2D eigenvalue weighted by atomic mass is 10.1. The average Bonchev–Trinajstić information content (AvgIpc) is 3.49. The molecule has 0 saturated heterocycles. The Kier molecular flexibility index (Phi) is 7.08. The van der Waals surface area contributed by atoms with E-state index >= 15 is 0 Å². The first-order chi connectivity index (χ1) is 16.6. The summed E-state index contributed by atoms with van der Waals surface area (Å²) in [6.07, 6.45) is 3.36. The Morgan fingerprint density at radius 2 is 1.06 bits per heavy atom. The van der Waals surface area contributed by atoms with Crippen LogP contribution in [-0.4, -0.2) is 25.2 Å². The van der Waals surface area contributed by atoms with E-state index < -0.39 is 11.9 Å². The summed E-state index contributed by atoms with van der Waals surface area (Å²) in [6.45, 7) is 4.02.